The van der Waals surface area contributed by atoms with Crippen molar-refractivity contribution < 1.29 is 67.1 Å². The number of rotatable bonds is 15. The van der Waals surface area contributed by atoms with Gasteiger partial charge in [-0.1, -0.05) is 141 Å². The van der Waals surface area contributed by atoms with E-state index in [9.17, 15) is 43.4 Å². The molecule has 0 aliphatic heterocycles. The zero-order valence-electron chi connectivity index (χ0n) is 52.4. The number of ether oxygens (including phenoxy) is 5. The molecule has 0 aromatic carbocycles. The summed E-state index contributed by atoms with van der Waals surface area (Å²) in [6, 6.07) is 1.83. The molecule has 76 heavy (non-hydrogen) atoms. The van der Waals surface area contributed by atoms with Crippen molar-refractivity contribution in [2.24, 2.45) is 27.1 Å². The fraction of sp³-hybridized carbons (Fsp3) is 0.656. The zero-order chi connectivity index (χ0) is 62.4. The van der Waals surface area contributed by atoms with Crippen LogP contribution in [0.4, 0.5) is 4.39 Å². The summed E-state index contributed by atoms with van der Waals surface area (Å²) < 4.78 is 36.5. The summed E-state index contributed by atoms with van der Waals surface area (Å²) in [5.74, 6) is -1.47. The van der Waals surface area contributed by atoms with Crippen molar-refractivity contribution >= 4 is 35.3 Å². The number of hydrogen-bond acceptors (Lipinski definition) is 14. The molecule has 0 saturated heterocycles. The summed E-state index contributed by atoms with van der Waals surface area (Å²) >= 11 is 0. The van der Waals surface area contributed by atoms with E-state index in [1.54, 1.807) is 58.9 Å². The molecule has 0 heterocycles. The second-order valence-electron chi connectivity index (χ2n) is 23.7. The van der Waals surface area contributed by atoms with Gasteiger partial charge in [0.25, 0.3) is 0 Å². The number of nitriles is 1. The van der Waals surface area contributed by atoms with E-state index in [4.69, 9.17) is 24.2 Å². The second kappa shape index (κ2) is 42.0. The molecule has 0 rings (SSSR count). The molecule has 0 aromatic rings. The molecule has 0 saturated carbocycles. The molecular weight excluding hydrogens is 974 g/mol. The molecule has 0 amide bonds. The van der Waals surface area contributed by atoms with E-state index in [-0.39, 0.29) is 80.4 Å². The third-order valence-electron chi connectivity index (χ3n) is 8.49. The third kappa shape index (κ3) is 56.6. The van der Waals surface area contributed by atoms with Crippen LogP contribution in [0, 0.1) is 38.4 Å². The lowest BCUT2D eigenvalue weighted by atomic mass is 9.85. The van der Waals surface area contributed by atoms with E-state index >= 15 is 0 Å². The molecule has 2 atom stereocenters. The Balaban J connectivity index is -0.000000147. The van der Waals surface area contributed by atoms with Crippen LogP contribution in [0.3, 0.4) is 0 Å². The van der Waals surface area contributed by atoms with Crippen LogP contribution >= 0.6 is 0 Å². The molecule has 0 fully saturated rings. The van der Waals surface area contributed by atoms with Crippen LogP contribution in [0.15, 0.2) is 84.3 Å². The first-order valence-corrected chi connectivity index (χ1v) is 25.3. The van der Waals surface area contributed by atoms with Gasteiger partial charge in [0.15, 0.2) is 17.3 Å². The predicted octanol–water partition coefficient (Wildman–Crippen LogP) is 13.3. The van der Waals surface area contributed by atoms with E-state index in [0.29, 0.717) is 25.4 Å². The molecule has 0 spiro atoms. The third-order valence-corrected chi connectivity index (χ3v) is 8.49. The van der Waals surface area contributed by atoms with Crippen LogP contribution in [0.25, 0.3) is 0 Å². The molecule has 0 aliphatic rings. The maximum atomic E-state index is 12.1. The van der Waals surface area contributed by atoms with E-state index < -0.39 is 29.4 Å². The number of aliphatic hydroxyl groups is 2. The lowest BCUT2D eigenvalue weighted by Crippen LogP contribution is -2.31. The Morgan fingerprint density at radius 3 is 1.28 bits per heavy atom. The molecule has 2 unspecified atom stereocenters. The first kappa shape index (κ1) is 84.8. The van der Waals surface area contributed by atoms with Crippen molar-refractivity contribution in [1.29, 1.82) is 5.26 Å². The summed E-state index contributed by atoms with van der Waals surface area (Å²) in [6.45, 7) is 59.9. The monoisotopic (exact) mass is 1080 g/mol. The standard InChI is InChI=1S/C10H18O3.2C9H16O3.C9H16O.C8H13FO.C8H13NO.C8H14O/c1-6-13-9(12)7(2)8(11)10(3,4)5;1-9(2,3)12-7-5-6-8(10)11-4;1-5-11-9(10)8(4)6-12-7(2)3;1-7(2)6-8(10)9(3,4)5;1-6(9)5-7(10)8(2,3)4;1-6(5-9)7(10)8(2,3)4;1-5-6-7(9)8(2,3)4/h8,11H,2,6H2,1,3-5H3;5-6H,7H2,1-4H3;7H,4-6H2,1-3H3;6H,1-5H3;5H,1-4H3;7,10H,1H2,2-4H3;5-6H,1-4H3/b;6-5+;;;6-5-;;6-5+. The lowest BCUT2D eigenvalue weighted by Gasteiger charge is -2.26. The maximum Gasteiger partial charge on any atom is 0.336 e. The van der Waals surface area contributed by atoms with Gasteiger partial charge < -0.3 is 33.9 Å². The highest BCUT2D eigenvalue weighted by Gasteiger charge is 2.29. The summed E-state index contributed by atoms with van der Waals surface area (Å²) in [5, 5.41) is 27.3. The van der Waals surface area contributed by atoms with E-state index in [1.807, 2.05) is 145 Å². The fourth-order valence-electron chi connectivity index (χ4n) is 3.79. The number of esters is 3. The Kier molecular flexibility index (Phi) is 46.8. The van der Waals surface area contributed by atoms with Gasteiger partial charge in [-0.15, -0.1) is 0 Å². The summed E-state index contributed by atoms with van der Waals surface area (Å²) in [4.78, 5) is 65.8. The number of carbonyl (C=O) groups is 6. The van der Waals surface area contributed by atoms with Gasteiger partial charge in [0.05, 0.1) is 80.2 Å². The smallest absolute Gasteiger partial charge is 0.336 e. The molecule has 14 nitrogen and oxygen atoms in total. The predicted molar refractivity (Wildman–Crippen MR) is 308 cm³/mol. The van der Waals surface area contributed by atoms with Crippen molar-refractivity contribution in [2.75, 3.05) is 33.5 Å². The number of halogens is 1. The quantitative estimate of drug-likeness (QED) is 0.0676. The average molecular weight is 1080 g/mol. The Bertz CT molecular complexity index is 1890. The molecule has 0 bridgehead atoms. The van der Waals surface area contributed by atoms with Crippen LogP contribution < -0.4 is 0 Å². The normalized spacial score (nSPS) is 12.3. The van der Waals surface area contributed by atoms with Gasteiger partial charge >= 0.3 is 17.9 Å². The van der Waals surface area contributed by atoms with Crippen molar-refractivity contribution in [3.63, 3.8) is 0 Å². The number of aliphatic hydroxyl groups excluding tert-OH is 2. The van der Waals surface area contributed by atoms with Crippen LogP contribution in [0.2, 0.25) is 0 Å². The number of allylic oxidation sites excluding steroid dienone is 6. The first-order valence-electron chi connectivity index (χ1n) is 25.3. The van der Waals surface area contributed by atoms with E-state index in [2.05, 4.69) is 24.5 Å². The Morgan fingerprint density at radius 2 is 1.04 bits per heavy atom. The first-order chi connectivity index (χ1) is 33.9. The molecule has 2 N–H and O–H groups in total. The lowest BCUT2D eigenvalue weighted by molar-refractivity contribution is -0.141. The van der Waals surface area contributed by atoms with Crippen LogP contribution in [-0.4, -0.2) is 103 Å². The molecule has 0 aromatic heterocycles. The number of nitrogens with zero attached hydrogens (tertiary/aromatic N) is 1. The zero-order valence-corrected chi connectivity index (χ0v) is 52.4. The molecular formula is C61H106FNO13. The molecule has 440 valence electrons. The number of methoxy groups -OCH3 is 1. The van der Waals surface area contributed by atoms with Crippen molar-refractivity contribution in [2.45, 2.75) is 204 Å². The number of ketones is 3. The topological polar surface area (TPSA) is 213 Å². The Labute approximate surface area is 461 Å². The van der Waals surface area contributed by atoms with Gasteiger partial charge in [0.2, 0.25) is 0 Å². The van der Waals surface area contributed by atoms with Crippen molar-refractivity contribution in [3.8, 4) is 6.07 Å². The minimum Gasteiger partial charge on any atom is -0.466 e. The molecule has 0 aliphatic carbocycles. The summed E-state index contributed by atoms with van der Waals surface area (Å²) in [6.07, 6.45) is 7.62. The second-order valence-corrected chi connectivity index (χ2v) is 23.7. The summed E-state index contributed by atoms with van der Waals surface area (Å²) in [5.41, 5.74) is 0.0427. The van der Waals surface area contributed by atoms with Gasteiger partial charge in [-0.3, -0.25) is 14.4 Å². The maximum absolute atomic E-state index is 12.1. The van der Waals surface area contributed by atoms with Gasteiger partial charge in [-0.05, 0) is 99.1 Å². The van der Waals surface area contributed by atoms with E-state index in [0.717, 1.165) is 11.6 Å². The fourth-order valence-corrected chi connectivity index (χ4v) is 3.79. The minimum absolute atomic E-state index is 0.108. The van der Waals surface area contributed by atoms with Crippen LogP contribution in [0.1, 0.15) is 180 Å². The highest BCUT2D eigenvalue weighted by atomic mass is 19.1. The molecule has 15 heteroatoms. The van der Waals surface area contributed by atoms with Crippen LogP contribution in [-0.2, 0) is 52.5 Å². The Hall–Kier alpha value is -5.14. The van der Waals surface area contributed by atoms with Crippen molar-refractivity contribution in [1.82, 2.24) is 0 Å². The summed E-state index contributed by atoms with van der Waals surface area (Å²) in [7, 11) is 1.34. The average Bonchev–Trinajstić information content (AvgIpc) is 3.25. The molecule has 0 radical (unpaired) electrons. The van der Waals surface area contributed by atoms with Gasteiger partial charge in [0, 0.05) is 28.4 Å². The van der Waals surface area contributed by atoms with Gasteiger partial charge in [-0.25, -0.2) is 18.8 Å². The van der Waals surface area contributed by atoms with Gasteiger partial charge in [0.1, 0.15) is 5.83 Å². The van der Waals surface area contributed by atoms with Crippen molar-refractivity contribution in [3.05, 3.63) is 84.3 Å². The highest BCUT2D eigenvalue weighted by molar-refractivity contribution is 5.95. The number of hydrogen-bond donors (Lipinski definition) is 2. The van der Waals surface area contributed by atoms with Crippen LogP contribution in [0.5, 0.6) is 0 Å². The largest absolute Gasteiger partial charge is 0.466 e. The SMILES string of the molecule is C/C(F)=C/C(=O)C(C)(C)C.C/C=C/C(=O)C(C)(C)C.C=C(C#N)C(O)C(C)(C)C.C=C(C(=O)OCC)C(O)C(C)(C)C.C=C(COC(C)C)C(=O)OCC.CC(C)=CC(=O)C(C)(C)C.COC(=O)/C=C/COC(C)(C)C. The minimum atomic E-state index is -0.855. The van der Waals surface area contributed by atoms with E-state index in [1.165, 1.54) is 20.1 Å². The number of carbonyl (C=O) groups excluding carboxylic acids is 6. The highest BCUT2D eigenvalue weighted by Crippen LogP contribution is 2.25. The van der Waals surface area contributed by atoms with Gasteiger partial charge in [-0.2, -0.15) is 5.26 Å². The Morgan fingerprint density at radius 1 is 0.645 bits per heavy atom.